The molecule has 9 heteroatoms. The highest BCUT2D eigenvalue weighted by Crippen LogP contribution is 2.30. The van der Waals surface area contributed by atoms with Crippen LogP contribution in [0.15, 0.2) is 47.4 Å². The van der Waals surface area contributed by atoms with Gasteiger partial charge in [-0.25, -0.2) is 17.2 Å². The molecule has 30 heavy (non-hydrogen) atoms. The first-order chi connectivity index (χ1) is 14.4. The number of nitrogens with one attached hydrogen (secondary N) is 1. The van der Waals surface area contributed by atoms with E-state index in [1.54, 1.807) is 6.07 Å². The fourth-order valence-corrected chi connectivity index (χ4v) is 4.99. The molecule has 1 aliphatic heterocycles. The second-order valence-electron chi connectivity index (χ2n) is 7.15. The molecule has 0 radical (unpaired) electrons. The molecule has 158 valence electrons. The lowest BCUT2D eigenvalue weighted by Crippen LogP contribution is -2.25. The van der Waals surface area contributed by atoms with Crippen LogP contribution in [-0.4, -0.2) is 38.8 Å². The van der Waals surface area contributed by atoms with E-state index in [0.29, 0.717) is 18.8 Å². The van der Waals surface area contributed by atoms with Gasteiger partial charge in [0.1, 0.15) is 4.90 Å². The summed E-state index contributed by atoms with van der Waals surface area (Å²) >= 11 is 0. The highest BCUT2D eigenvalue weighted by atomic mass is 32.2. The summed E-state index contributed by atoms with van der Waals surface area (Å²) in [7, 11) is -4.44. The van der Waals surface area contributed by atoms with Crippen molar-refractivity contribution in [2.45, 2.75) is 17.7 Å². The number of halogens is 3. The highest BCUT2D eigenvalue weighted by molar-refractivity contribution is 7.91. The van der Waals surface area contributed by atoms with E-state index in [-0.39, 0.29) is 6.54 Å². The van der Waals surface area contributed by atoms with Crippen LogP contribution in [0, 0.1) is 17.6 Å². The topological polar surface area (TPSA) is 62.3 Å². The molecule has 0 saturated carbocycles. The summed E-state index contributed by atoms with van der Waals surface area (Å²) in [6, 6.07) is 13.1. The lowest BCUT2D eigenvalue weighted by molar-refractivity contribution is 0.432. The monoisotopic (exact) mass is 435 g/mol. The normalized spacial score (nSPS) is 14.4. The van der Waals surface area contributed by atoms with E-state index < -0.39 is 43.9 Å². The van der Waals surface area contributed by atoms with E-state index in [1.165, 1.54) is 4.90 Å². The van der Waals surface area contributed by atoms with Crippen LogP contribution in [0.25, 0.3) is 10.8 Å². The third-order valence-electron chi connectivity index (χ3n) is 5.17. The van der Waals surface area contributed by atoms with Gasteiger partial charge in [0, 0.05) is 30.7 Å². The van der Waals surface area contributed by atoms with E-state index >= 15 is 0 Å². The summed E-state index contributed by atoms with van der Waals surface area (Å²) in [6.07, 6.45) is 1.49. The number of hydrogen-bond donors (Lipinski definition) is 1. The van der Waals surface area contributed by atoms with Crippen LogP contribution in [0.4, 0.5) is 24.7 Å². The van der Waals surface area contributed by atoms with Gasteiger partial charge in [-0.3, -0.25) is 0 Å². The number of anilines is 2. The molecular weight excluding hydrogens is 415 g/mol. The molecule has 0 amide bonds. The summed E-state index contributed by atoms with van der Waals surface area (Å²) in [5.41, 5.74) is 0.697. The summed E-state index contributed by atoms with van der Waals surface area (Å²) in [5.74, 6) is -5.78. The smallest absolute Gasteiger partial charge is 0.252 e. The number of nitrogens with zero attached hydrogens (tertiary/aromatic N) is 2. The third kappa shape index (κ3) is 3.81. The summed E-state index contributed by atoms with van der Waals surface area (Å²) in [4.78, 5) is 3.50. The van der Waals surface area contributed by atoms with Crippen LogP contribution in [0.1, 0.15) is 12.8 Å². The molecule has 2 heterocycles. The Morgan fingerprint density at radius 1 is 0.967 bits per heavy atom. The van der Waals surface area contributed by atoms with E-state index in [0.717, 1.165) is 23.6 Å². The molecule has 1 N–H and O–H groups in total. The van der Waals surface area contributed by atoms with Crippen molar-refractivity contribution in [1.82, 2.24) is 4.98 Å². The van der Waals surface area contributed by atoms with Gasteiger partial charge in [0.2, 0.25) is 0 Å². The molecule has 3 aromatic rings. The summed E-state index contributed by atoms with van der Waals surface area (Å²) in [5, 5.41) is 4.85. The Kier molecular flexibility index (Phi) is 5.55. The van der Waals surface area contributed by atoms with Gasteiger partial charge in [-0.2, -0.15) is 9.37 Å². The first-order valence-corrected chi connectivity index (χ1v) is 11.3. The number of pyridine rings is 1. The van der Waals surface area contributed by atoms with Crippen LogP contribution < -0.4 is 10.2 Å². The van der Waals surface area contributed by atoms with Gasteiger partial charge >= 0.3 is 0 Å². The maximum atomic E-state index is 14.9. The molecular formula is C21H20F3N3O2S. The molecule has 1 aliphatic rings. The number of rotatable bonds is 6. The van der Waals surface area contributed by atoms with Crippen LogP contribution in [0.3, 0.4) is 0 Å². The molecule has 0 atom stereocenters. The van der Waals surface area contributed by atoms with Gasteiger partial charge in [-0.15, -0.1) is 0 Å². The zero-order valence-corrected chi connectivity index (χ0v) is 16.9. The van der Waals surface area contributed by atoms with Gasteiger partial charge in [0.25, 0.3) is 5.95 Å². The maximum absolute atomic E-state index is 14.9. The first-order valence-electron chi connectivity index (χ1n) is 9.62. The highest BCUT2D eigenvalue weighted by Gasteiger charge is 2.32. The van der Waals surface area contributed by atoms with E-state index in [2.05, 4.69) is 10.3 Å². The van der Waals surface area contributed by atoms with Gasteiger partial charge in [-0.1, -0.05) is 36.4 Å². The fourth-order valence-electron chi connectivity index (χ4n) is 3.70. The average molecular weight is 435 g/mol. The van der Waals surface area contributed by atoms with Crippen molar-refractivity contribution >= 4 is 32.1 Å². The largest absolute Gasteiger partial charge is 0.384 e. The van der Waals surface area contributed by atoms with Crippen LogP contribution >= 0.6 is 0 Å². The molecule has 0 aliphatic carbocycles. The lowest BCUT2D eigenvalue weighted by atomic mass is 10.1. The lowest BCUT2D eigenvalue weighted by Gasteiger charge is -2.19. The van der Waals surface area contributed by atoms with Crippen LogP contribution in [-0.2, 0) is 9.84 Å². The van der Waals surface area contributed by atoms with E-state index in [4.69, 9.17) is 0 Å². The van der Waals surface area contributed by atoms with Gasteiger partial charge in [-0.05, 0) is 24.3 Å². The zero-order chi connectivity index (χ0) is 21.3. The molecule has 0 unspecified atom stereocenters. The Balaban J connectivity index is 1.59. The minimum absolute atomic E-state index is 0.0990. The van der Waals surface area contributed by atoms with Crippen molar-refractivity contribution in [3.8, 4) is 0 Å². The zero-order valence-electron chi connectivity index (χ0n) is 16.0. The Morgan fingerprint density at radius 2 is 1.67 bits per heavy atom. The number of aromatic nitrogens is 1. The van der Waals surface area contributed by atoms with Crippen molar-refractivity contribution in [3.63, 3.8) is 0 Å². The van der Waals surface area contributed by atoms with Crippen LogP contribution in [0.2, 0.25) is 0 Å². The minimum atomic E-state index is -4.44. The number of fused-ring (bicyclic) bond motifs is 1. The van der Waals surface area contributed by atoms with Crippen LogP contribution in [0.5, 0.6) is 0 Å². The summed E-state index contributed by atoms with van der Waals surface area (Å²) in [6.45, 7) is 0.729. The molecule has 2 aromatic carbocycles. The van der Waals surface area contributed by atoms with Gasteiger partial charge in [0.15, 0.2) is 27.3 Å². The second kappa shape index (κ2) is 8.14. The van der Waals surface area contributed by atoms with Crippen molar-refractivity contribution in [2.75, 3.05) is 35.6 Å². The quantitative estimate of drug-likeness (QED) is 0.590. The number of sulfone groups is 1. The molecule has 4 rings (SSSR count). The molecule has 1 saturated heterocycles. The SMILES string of the molecule is O=S(=O)(CCNc1cccc2ccccc12)c1c(F)c(F)nc(N2CCCC2)c1F. The Morgan fingerprint density at radius 3 is 2.43 bits per heavy atom. The molecule has 1 aromatic heterocycles. The van der Waals surface area contributed by atoms with Crippen molar-refractivity contribution in [3.05, 3.63) is 60.0 Å². The van der Waals surface area contributed by atoms with Crippen molar-refractivity contribution in [2.24, 2.45) is 0 Å². The predicted octanol–water partition coefficient (Wildman–Crippen LogP) is 4.14. The first kappa shape index (κ1) is 20.5. The van der Waals surface area contributed by atoms with Crippen molar-refractivity contribution < 1.29 is 21.6 Å². The Bertz CT molecular complexity index is 1190. The van der Waals surface area contributed by atoms with Gasteiger partial charge < -0.3 is 10.2 Å². The average Bonchev–Trinajstić information content (AvgIpc) is 3.25. The predicted molar refractivity (Wildman–Crippen MR) is 110 cm³/mol. The Labute approximate surface area is 172 Å². The van der Waals surface area contributed by atoms with Crippen molar-refractivity contribution in [1.29, 1.82) is 0 Å². The number of hydrogen-bond acceptors (Lipinski definition) is 5. The fraction of sp³-hybridized carbons (Fsp3) is 0.286. The maximum Gasteiger partial charge on any atom is 0.252 e. The molecule has 1 fully saturated rings. The molecule has 0 spiro atoms. The van der Waals surface area contributed by atoms with Gasteiger partial charge in [0.05, 0.1) is 5.75 Å². The van der Waals surface area contributed by atoms with E-state index in [1.807, 2.05) is 36.4 Å². The molecule has 0 bridgehead atoms. The Hall–Kier alpha value is -2.81. The third-order valence-corrected chi connectivity index (χ3v) is 6.89. The second-order valence-corrected chi connectivity index (χ2v) is 9.20. The number of benzene rings is 2. The minimum Gasteiger partial charge on any atom is -0.384 e. The standard InChI is InChI=1S/C21H20F3N3O2S/c22-17-19(18(23)21(26-20(17)24)27-11-3-4-12-27)30(28,29)13-10-25-16-9-5-7-14-6-1-2-8-15(14)16/h1-2,5-9,25H,3-4,10-13H2. The van der Waals surface area contributed by atoms with E-state index in [9.17, 15) is 21.6 Å². The summed E-state index contributed by atoms with van der Waals surface area (Å²) < 4.78 is 68.6. The molecule has 5 nitrogen and oxygen atoms in total.